The van der Waals surface area contributed by atoms with E-state index in [0.29, 0.717) is 6.42 Å². The Morgan fingerprint density at radius 2 is 1.90 bits per heavy atom. The van der Waals surface area contributed by atoms with E-state index in [1.54, 1.807) is 0 Å². The summed E-state index contributed by atoms with van der Waals surface area (Å²) in [5.74, 6) is -0.358. The molecule has 5 heteroatoms. The minimum atomic E-state index is -0.544. The van der Waals surface area contributed by atoms with Gasteiger partial charge in [-0.05, 0) is 18.9 Å². The summed E-state index contributed by atoms with van der Waals surface area (Å²) < 4.78 is 1.12. The summed E-state index contributed by atoms with van der Waals surface area (Å²) in [5, 5.41) is 0. The first kappa shape index (κ1) is 14.0. The van der Waals surface area contributed by atoms with Crippen molar-refractivity contribution in [1.82, 2.24) is 9.55 Å². The molecule has 20 heavy (non-hydrogen) atoms. The number of aromatic amines is 1. The first-order valence-corrected chi connectivity index (χ1v) is 6.46. The maximum Gasteiger partial charge on any atom is 0.328 e. The standard InChI is InChI=1S/C15H16N2O3/c1-3-13(11-7-5-4-6-8-11)17-14(19)12(10(2)18)9-16-15(17)20/h4-9,13H,3H2,1-2H3,(H,16,20). The molecule has 0 saturated heterocycles. The van der Waals surface area contributed by atoms with Crippen molar-refractivity contribution in [2.75, 3.05) is 0 Å². The number of rotatable bonds is 4. The van der Waals surface area contributed by atoms with Gasteiger partial charge in [0.15, 0.2) is 5.78 Å². The van der Waals surface area contributed by atoms with Gasteiger partial charge in [0.2, 0.25) is 0 Å². The zero-order chi connectivity index (χ0) is 14.7. The third-order valence-corrected chi connectivity index (χ3v) is 3.27. The van der Waals surface area contributed by atoms with E-state index in [1.807, 2.05) is 37.3 Å². The fraction of sp³-hybridized carbons (Fsp3) is 0.267. The lowest BCUT2D eigenvalue weighted by molar-refractivity contribution is 0.101. The molecule has 0 aliphatic heterocycles. The molecule has 1 aromatic carbocycles. The number of nitrogens with one attached hydrogen (secondary N) is 1. The van der Waals surface area contributed by atoms with Crippen LogP contribution in [0.5, 0.6) is 0 Å². The molecule has 1 N–H and O–H groups in total. The van der Waals surface area contributed by atoms with Gasteiger partial charge >= 0.3 is 5.69 Å². The van der Waals surface area contributed by atoms with Crippen molar-refractivity contribution in [3.8, 4) is 0 Å². The molecule has 0 radical (unpaired) electrons. The van der Waals surface area contributed by atoms with Crippen LogP contribution in [-0.2, 0) is 0 Å². The van der Waals surface area contributed by atoms with Crippen molar-refractivity contribution in [3.63, 3.8) is 0 Å². The van der Waals surface area contributed by atoms with Crippen LogP contribution < -0.4 is 11.2 Å². The molecule has 0 fully saturated rings. The number of ketones is 1. The summed E-state index contributed by atoms with van der Waals surface area (Å²) in [6.07, 6.45) is 1.76. The normalized spacial score (nSPS) is 12.1. The Bertz CT molecular complexity index is 729. The van der Waals surface area contributed by atoms with Crippen molar-refractivity contribution < 1.29 is 4.79 Å². The minimum absolute atomic E-state index is 0.000943. The van der Waals surface area contributed by atoms with E-state index >= 15 is 0 Å². The number of Topliss-reactive ketones (excluding diaryl/α,β-unsaturated/α-hetero) is 1. The van der Waals surface area contributed by atoms with Crippen LogP contribution in [0.3, 0.4) is 0 Å². The third-order valence-electron chi connectivity index (χ3n) is 3.27. The molecule has 1 heterocycles. The van der Waals surface area contributed by atoms with E-state index in [-0.39, 0.29) is 17.4 Å². The zero-order valence-corrected chi connectivity index (χ0v) is 11.4. The maximum absolute atomic E-state index is 12.3. The number of carbonyl (C=O) groups excluding carboxylic acids is 1. The quantitative estimate of drug-likeness (QED) is 0.862. The van der Waals surface area contributed by atoms with Crippen LogP contribution in [0.1, 0.15) is 42.2 Å². The van der Waals surface area contributed by atoms with E-state index in [0.717, 1.165) is 10.1 Å². The summed E-state index contributed by atoms with van der Waals surface area (Å²) in [5.41, 5.74) is -0.185. The van der Waals surface area contributed by atoms with Gasteiger partial charge in [0, 0.05) is 6.20 Å². The lowest BCUT2D eigenvalue weighted by Crippen LogP contribution is -2.40. The lowest BCUT2D eigenvalue weighted by Gasteiger charge is -2.17. The molecule has 0 amide bonds. The van der Waals surface area contributed by atoms with Crippen molar-refractivity contribution in [2.45, 2.75) is 26.3 Å². The minimum Gasteiger partial charge on any atom is -0.313 e. The number of carbonyl (C=O) groups is 1. The SMILES string of the molecule is CCC(c1ccccc1)n1c(=O)[nH]cc(C(C)=O)c1=O. The van der Waals surface area contributed by atoms with Crippen LogP contribution in [0.4, 0.5) is 0 Å². The largest absolute Gasteiger partial charge is 0.328 e. The van der Waals surface area contributed by atoms with Gasteiger partial charge in [-0.25, -0.2) is 4.79 Å². The van der Waals surface area contributed by atoms with Gasteiger partial charge in [0.25, 0.3) is 5.56 Å². The summed E-state index contributed by atoms with van der Waals surface area (Å²) in [6, 6.07) is 8.92. The molecule has 2 rings (SSSR count). The molecule has 0 aliphatic carbocycles. The fourth-order valence-corrected chi connectivity index (χ4v) is 2.27. The summed E-state index contributed by atoms with van der Waals surface area (Å²) >= 11 is 0. The topological polar surface area (TPSA) is 71.9 Å². The van der Waals surface area contributed by atoms with Crippen molar-refractivity contribution in [3.05, 3.63) is 68.5 Å². The number of aromatic nitrogens is 2. The average Bonchev–Trinajstić information content (AvgIpc) is 2.44. The number of benzene rings is 1. The van der Waals surface area contributed by atoms with Crippen LogP contribution in [0, 0.1) is 0 Å². The molecule has 1 unspecified atom stereocenters. The Balaban J connectivity index is 2.67. The second kappa shape index (κ2) is 5.69. The summed E-state index contributed by atoms with van der Waals surface area (Å²) in [6.45, 7) is 3.20. The number of H-pyrrole nitrogens is 1. The molecular weight excluding hydrogens is 256 g/mol. The Morgan fingerprint density at radius 1 is 1.25 bits per heavy atom. The molecule has 1 aromatic heterocycles. The average molecular weight is 272 g/mol. The van der Waals surface area contributed by atoms with Crippen molar-refractivity contribution >= 4 is 5.78 Å². The predicted octanol–water partition coefficient (Wildman–Crippen LogP) is 1.74. The smallest absolute Gasteiger partial charge is 0.313 e. The van der Waals surface area contributed by atoms with Crippen LogP contribution >= 0.6 is 0 Å². The van der Waals surface area contributed by atoms with E-state index in [9.17, 15) is 14.4 Å². The van der Waals surface area contributed by atoms with Gasteiger partial charge in [0.05, 0.1) is 11.6 Å². The molecule has 0 bridgehead atoms. The van der Waals surface area contributed by atoms with E-state index < -0.39 is 11.2 Å². The molecule has 0 spiro atoms. The van der Waals surface area contributed by atoms with Crippen LogP contribution in [-0.4, -0.2) is 15.3 Å². The van der Waals surface area contributed by atoms with E-state index in [1.165, 1.54) is 13.1 Å². The first-order chi connectivity index (χ1) is 9.56. The fourth-order valence-electron chi connectivity index (χ4n) is 2.27. The predicted molar refractivity (Wildman–Crippen MR) is 76.2 cm³/mol. The van der Waals surface area contributed by atoms with Gasteiger partial charge in [0.1, 0.15) is 0 Å². The number of hydrogen-bond acceptors (Lipinski definition) is 3. The van der Waals surface area contributed by atoms with E-state index in [2.05, 4.69) is 4.98 Å². The van der Waals surface area contributed by atoms with Gasteiger partial charge in [-0.1, -0.05) is 37.3 Å². The second-order valence-corrected chi connectivity index (χ2v) is 4.57. The third kappa shape index (κ3) is 2.47. The van der Waals surface area contributed by atoms with Gasteiger partial charge in [-0.15, -0.1) is 0 Å². The maximum atomic E-state index is 12.3. The van der Waals surface area contributed by atoms with Crippen LogP contribution in [0.25, 0.3) is 0 Å². The summed E-state index contributed by atoms with van der Waals surface area (Å²) in [7, 11) is 0. The van der Waals surface area contributed by atoms with Crippen molar-refractivity contribution in [2.24, 2.45) is 0 Å². The Labute approximate surface area is 115 Å². The Hall–Kier alpha value is -2.43. The molecular formula is C15H16N2O3. The zero-order valence-electron chi connectivity index (χ0n) is 11.4. The molecule has 104 valence electrons. The van der Waals surface area contributed by atoms with Crippen LogP contribution in [0.2, 0.25) is 0 Å². The molecule has 5 nitrogen and oxygen atoms in total. The molecule has 1 atom stereocenters. The Kier molecular flexibility index (Phi) is 3.98. The lowest BCUT2D eigenvalue weighted by atomic mass is 10.0. The van der Waals surface area contributed by atoms with Gasteiger partial charge in [-0.3, -0.25) is 14.2 Å². The second-order valence-electron chi connectivity index (χ2n) is 4.57. The highest BCUT2D eigenvalue weighted by Crippen LogP contribution is 2.18. The monoisotopic (exact) mass is 272 g/mol. The highest BCUT2D eigenvalue weighted by molar-refractivity contribution is 5.93. The number of hydrogen-bond donors (Lipinski definition) is 1. The Morgan fingerprint density at radius 3 is 2.45 bits per heavy atom. The highest BCUT2D eigenvalue weighted by atomic mass is 16.2. The molecule has 0 saturated carbocycles. The molecule has 0 aliphatic rings. The number of nitrogens with zero attached hydrogens (tertiary/aromatic N) is 1. The van der Waals surface area contributed by atoms with Crippen molar-refractivity contribution in [1.29, 1.82) is 0 Å². The molecule has 2 aromatic rings. The van der Waals surface area contributed by atoms with E-state index in [4.69, 9.17) is 0 Å². The van der Waals surface area contributed by atoms with Crippen LogP contribution in [0.15, 0.2) is 46.1 Å². The van der Waals surface area contributed by atoms with Gasteiger partial charge in [-0.2, -0.15) is 0 Å². The summed E-state index contributed by atoms with van der Waals surface area (Å²) in [4.78, 5) is 38.2. The van der Waals surface area contributed by atoms with Gasteiger partial charge < -0.3 is 4.98 Å². The highest BCUT2D eigenvalue weighted by Gasteiger charge is 2.19. The first-order valence-electron chi connectivity index (χ1n) is 6.46.